The fraction of sp³-hybridized carbons (Fsp3) is 0.464. The highest BCUT2D eigenvalue weighted by Crippen LogP contribution is 2.35. The van der Waals surface area contributed by atoms with Crippen molar-refractivity contribution in [3.8, 4) is 0 Å². The van der Waals surface area contributed by atoms with Gasteiger partial charge in [0.15, 0.2) is 0 Å². The lowest BCUT2D eigenvalue weighted by Gasteiger charge is -2.38. The van der Waals surface area contributed by atoms with Crippen LogP contribution in [0.3, 0.4) is 0 Å². The molecule has 0 aliphatic heterocycles. The van der Waals surface area contributed by atoms with Gasteiger partial charge in [-0.3, -0.25) is 19.4 Å². The monoisotopic (exact) mass is 464 g/mol. The van der Waals surface area contributed by atoms with Crippen LogP contribution in [0.2, 0.25) is 0 Å². The van der Waals surface area contributed by atoms with Crippen LogP contribution in [0.15, 0.2) is 60.7 Å². The van der Waals surface area contributed by atoms with Crippen molar-refractivity contribution >= 4 is 29.2 Å². The highest BCUT2D eigenvalue weighted by atomic mass is 16.4. The molecule has 0 aromatic heterocycles. The molecule has 1 saturated carbocycles. The number of hydrogen-bond donors (Lipinski definition) is 1. The predicted octanol–water partition coefficient (Wildman–Crippen LogP) is 5.38. The number of anilines is 2. The Morgan fingerprint density at radius 2 is 1.21 bits per heavy atom. The van der Waals surface area contributed by atoms with Gasteiger partial charge >= 0.3 is 5.97 Å². The summed E-state index contributed by atoms with van der Waals surface area (Å²) in [6.45, 7) is 7.64. The average Bonchev–Trinajstić information content (AvgIpc) is 2.85. The summed E-state index contributed by atoms with van der Waals surface area (Å²) < 4.78 is 0. The second kappa shape index (κ2) is 11.3. The summed E-state index contributed by atoms with van der Waals surface area (Å²) in [5.74, 6) is -0.516. The Morgan fingerprint density at radius 1 is 0.735 bits per heavy atom. The van der Waals surface area contributed by atoms with E-state index >= 15 is 0 Å². The molecule has 6 heteroatoms. The van der Waals surface area contributed by atoms with E-state index in [0.29, 0.717) is 23.2 Å². The molecule has 1 N–H and O–H groups in total. The van der Waals surface area contributed by atoms with Crippen LogP contribution >= 0.6 is 0 Å². The molecule has 2 atom stereocenters. The predicted molar refractivity (Wildman–Crippen MR) is 135 cm³/mol. The Hall–Kier alpha value is -3.15. The standard InChI is InChI=1S/C28H36N2O4/c1-19(2)22-15-17-23(18-16-22)27(32)29(24-11-7-5-8-12-24)20(3)26(31)30(21(4)28(33)34)25-13-9-6-10-14-25/h5-14,19-23H,15-18H2,1-4H3,(H,33,34). The molecule has 1 fully saturated rings. The first-order valence-electron chi connectivity index (χ1n) is 12.2. The average molecular weight is 465 g/mol. The third kappa shape index (κ3) is 5.66. The molecule has 182 valence electrons. The molecule has 0 bridgehead atoms. The van der Waals surface area contributed by atoms with E-state index in [0.717, 1.165) is 25.7 Å². The molecule has 2 aromatic rings. The van der Waals surface area contributed by atoms with Crippen molar-refractivity contribution in [2.24, 2.45) is 17.8 Å². The lowest BCUT2D eigenvalue weighted by Crippen LogP contribution is -2.55. The molecule has 0 radical (unpaired) electrons. The van der Waals surface area contributed by atoms with E-state index in [1.165, 1.54) is 11.8 Å². The van der Waals surface area contributed by atoms with Gasteiger partial charge in [0.2, 0.25) is 5.91 Å². The van der Waals surface area contributed by atoms with Gasteiger partial charge in [-0.25, -0.2) is 4.79 Å². The minimum Gasteiger partial charge on any atom is -0.480 e. The minimum absolute atomic E-state index is 0.0646. The Balaban J connectivity index is 1.93. The molecule has 2 aromatic carbocycles. The zero-order chi connectivity index (χ0) is 24.8. The van der Waals surface area contributed by atoms with E-state index in [2.05, 4.69) is 13.8 Å². The van der Waals surface area contributed by atoms with Gasteiger partial charge in [-0.05, 0) is 75.6 Å². The molecule has 6 nitrogen and oxygen atoms in total. The van der Waals surface area contributed by atoms with Crippen molar-refractivity contribution in [1.82, 2.24) is 0 Å². The Bertz CT molecular complexity index is 968. The highest BCUT2D eigenvalue weighted by Gasteiger charge is 2.38. The number of amides is 2. The molecule has 0 spiro atoms. The van der Waals surface area contributed by atoms with Gasteiger partial charge < -0.3 is 5.11 Å². The largest absolute Gasteiger partial charge is 0.480 e. The quantitative estimate of drug-likeness (QED) is 0.569. The maximum absolute atomic E-state index is 13.8. The van der Waals surface area contributed by atoms with Gasteiger partial charge in [-0.15, -0.1) is 0 Å². The first kappa shape index (κ1) is 25.5. The van der Waals surface area contributed by atoms with Crippen molar-refractivity contribution in [3.63, 3.8) is 0 Å². The Morgan fingerprint density at radius 3 is 1.65 bits per heavy atom. The summed E-state index contributed by atoms with van der Waals surface area (Å²) in [6, 6.07) is 16.1. The van der Waals surface area contributed by atoms with E-state index in [1.54, 1.807) is 36.1 Å². The summed E-state index contributed by atoms with van der Waals surface area (Å²) in [4.78, 5) is 42.4. The Kier molecular flexibility index (Phi) is 8.48. The number of para-hydroxylation sites is 2. The smallest absolute Gasteiger partial charge is 0.326 e. The molecule has 3 rings (SSSR count). The fourth-order valence-corrected chi connectivity index (χ4v) is 4.91. The SMILES string of the molecule is CC(C)C1CCC(C(=O)N(c2ccccc2)C(C)C(=O)N(c2ccccc2)C(C)C(=O)O)CC1. The zero-order valence-electron chi connectivity index (χ0n) is 20.6. The minimum atomic E-state index is -1.10. The summed E-state index contributed by atoms with van der Waals surface area (Å²) >= 11 is 0. The number of carbonyl (C=O) groups is 3. The van der Waals surface area contributed by atoms with E-state index in [4.69, 9.17) is 0 Å². The van der Waals surface area contributed by atoms with Crippen molar-refractivity contribution in [3.05, 3.63) is 60.7 Å². The van der Waals surface area contributed by atoms with Gasteiger partial charge in [-0.2, -0.15) is 0 Å². The second-order valence-corrected chi connectivity index (χ2v) is 9.63. The van der Waals surface area contributed by atoms with Crippen LogP contribution in [0.25, 0.3) is 0 Å². The van der Waals surface area contributed by atoms with Crippen molar-refractivity contribution in [2.45, 2.75) is 65.5 Å². The molecule has 2 unspecified atom stereocenters. The van der Waals surface area contributed by atoms with Gasteiger partial charge in [0.1, 0.15) is 12.1 Å². The number of rotatable bonds is 8. The first-order valence-corrected chi connectivity index (χ1v) is 12.2. The molecular weight excluding hydrogens is 428 g/mol. The van der Waals surface area contributed by atoms with Crippen LogP contribution in [0.4, 0.5) is 11.4 Å². The van der Waals surface area contributed by atoms with Crippen LogP contribution in [0.5, 0.6) is 0 Å². The second-order valence-electron chi connectivity index (χ2n) is 9.63. The number of carbonyl (C=O) groups excluding carboxylic acids is 2. The van der Waals surface area contributed by atoms with Gasteiger partial charge in [0.05, 0.1) is 0 Å². The molecule has 0 saturated heterocycles. The van der Waals surface area contributed by atoms with Crippen molar-refractivity contribution < 1.29 is 19.5 Å². The van der Waals surface area contributed by atoms with E-state index in [-0.39, 0.29) is 11.8 Å². The first-order chi connectivity index (χ1) is 16.2. The van der Waals surface area contributed by atoms with E-state index in [9.17, 15) is 19.5 Å². The van der Waals surface area contributed by atoms with Crippen LogP contribution in [-0.4, -0.2) is 35.0 Å². The highest BCUT2D eigenvalue weighted by molar-refractivity contribution is 6.08. The normalized spacial score (nSPS) is 19.8. The molecule has 0 heterocycles. The van der Waals surface area contributed by atoms with Crippen LogP contribution in [0, 0.1) is 17.8 Å². The topological polar surface area (TPSA) is 77.9 Å². The van der Waals surface area contributed by atoms with Crippen molar-refractivity contribution in [1.29, 1.82) is 0 Å². The number of nitrogens with zero attached hydrogens (tertiary/aromatic N) is 2. The molecule has 1 aliphatic rings. The summed E-state index contributed by atoms with van der Waals surface area (Å²) in [6.07, 6.45) is 3.62. The summed E-state index contributed by atoms with van der Waals surface area (Å²) in [5.41, 5.74) is 1.14. The summed E-state index contributed by atoms with van der Waals surface area (Å²) in [7, 11) is 0. The van der Waals surface area contributed by atoms with E-state index < -0.39 is 24.0 Å². The van der Waals surface area contributed by atoms with Crippen LogP contribution < -0.4 is 9.80 Å². The number of aliphatic carboxylic acids is 1. The third-order valence-corrected chi connectivity index (χ3v) is 7.10. The van der Waals surface area contributed by atoms with Gasteiger partial charge in [0.25, 0.3) is 5.91 Å². The number of carboxylic acid groups (broad SMARTS) is 1. The maximum atomic E-state index is 13.8. The zero-order valence-corrected chi connectivity index (χ0v) is 20.6. The van der Waals surface area contributed by atoms with Gasteiger partial charge in [0, 0.05) is 17.3 Å². The van der Waals surface area contributed by atoms with Crippen molar-refractivity contribution in [2.75, 3.05) is 9.80 Å². The molecule has 2 amide bonds. The molecular formula is C28H36N2O4. The van der Waals surface area contributed by atoms with Crippen LogP contribution in [0.1, 0.15) is 53.4 Å². The third-order valence-electron chi connectivity index (χ3n) is 7.10. The van der Waals surface area contributed by atoms with Crippen LogP contribution in [-0.2, 0) is 14.4 Å². The number of benzene rings is 2. The molecule has 1 aliphatic carbocycles. The lowest BCUT2D eigenvalue weighted by molar-refractivity contribution is -0.139. The lowest BCUT2D eigenvalue weighted by atomic mass is 9.76. The van der Waals surface area contributed by atoms with E-state index in [1.807, 2.05) is 36.4 Å². The Labute approximate surface area is 202 Å². The van der Waals surface area contributed by atoms with Gasteiger partial charge in [-0.1, -0.05) is 50.2 Å². The molecule has 34 heavy (non-hydrogen) atoms. The number of carboxylic acids is 1. The maximum Gasteiger partial charge on any atom is 0.326 e. The number of hydrogen-bond acceptors (Lipinski definition) is 3. The summed E-state index contributed by atoms with van der Waals surface area (Å²) in [5, 5.41) is 9.71. The fourth-order valence-electron chi connectivity index (χ4n) is 4.91.